The molecule has 1 saturated heterocycles. The van der Waals surface area contributed by atoms with Crippen molar-refractivity contribution in [2.45, 2.75) is 19.9 Å². The summed E-state index contributed by atoms with van der Waals surface area (Å²) in [6, 6.07) is 0.733. The maximum absolute atomic E-state index is 11.9. The first kappa shape index (κ1) is 14.3. The number of anilines is 1. The Kier molecular flexibility index (Phi) is 3.89. The molecule has 3 N–H and O–H groups in total. The molecule has 2 unspecified atom stereocenters. The molecule has 0 saturated carbocycles. The molecule has 7 nitrogen and oxygen atoms in total. The number of hydrogen-bond acceptors (Lipinski definition) is 4. The van der Waals surface area contributed by atoms with Crippen LogP contribution in [0.15, 0.2) is 18.5 Å². The smallest absolute Gasteiger partial charge is 0.319 e. The summed E-state index contributed by atoms with van der Waals surface area (Å²) in [7, 11) is 0. The Morgan fingerprint density at radius 2 is 2.30 bits per heavy atom. The van der Waals surface area contributed by atoms with E-state index >= 15 is 0 Å². The van der Waals surface area contributed by atoms with Gasteiger partial charge in [0, 0.05) is 6.20 Å². The van der Waals surface area contributed by atoms with Gasteiger partial charge in [0.05, 0.1) is 31.1 Å². The topological polar surface area (TPSA) is 101 Å². The molecule has 108 valence electrons. The lowest BCUT2D eigenvalue weighted by Gasteiger charge is -2.25. The van der Waals surface area contributed by atoms with E-state index in [0.29, 0.717) is 5.69 Å². The van der Waals surface area contributed by atoms with Crippen molar-refractivity contribution >= 4 is 17.7 Å². The number of nitrogens with zero attached hydrogens (tertiary/aromatic N) is 1. The molecule has 1 aliphatic heterocycles. The Labute approximate surface area is 116 Å². The number of aliphatic carboxylic acids is 1. The second kappa shape index (κ2) is 5.46. The Balaban J connectivity index is 2.02. The summed E-state index contributed by atoms with van der Waals surface area (Å²) in [4.78, 5) is 27.1. The Hall–Kier alpha value is -2.15. The van der Waals surface area contributed by atoms with Gasteiger partial charge in [0.15, 0.2) is 0 Å². The van der Waals surface area contributed by atoms with E-state index in [9.17, 15) is 14.7 Å². The molecular formula is C13H17N3O4. The maximum Gasteiger partial charge on any atom is 0.319 e. The van der Waals surface area contributed by atoms with Crippen molar-refractivity contribution < 1.29 is 19.4 Å². The van der Waals surface area contributed by atoms with E-state index < -0.39 is 23.5 Å². The van der Waals surface area contributed by atoms with Gasteiger partial charge in [-0.3, -0.25) is 9.78 Å². The molecule has 20 heavy (non-hydrogen) atoms. The molecule has 1 aromatic heterocycles. The lowest BCUT2D eigenvalue weighted by atomic mass is 9.85. The van der Waals surface area contributed by atoms with Crippen LogP contribution < -0.4 is 10.6 Å². The van der Waals surface area contributed by atoms with Gasteiger partial charge >= 0.3 is 12.0 Å². The average Bonchev–Trinajstić information content (AvgIpc) is 2.75. The molecule has 0 spiro atoms. The molecule has 0 bridgehead atoms. The number of aryl methyl sites for hydroxylation is 1. The van der Waals surface area contributed by atoms with Gasteiger partial charge in [-0.25, -0.2) is 4.79 Å². The van der Waals surface area contributed by atoms with E-state index in [-0.39, 0.29) is 13.2 Å². The number of carboxylic acid groups (broad SMARTS) is 1. The van der Waals surface area contributed by atoms with Crippen molar-refractivity contribution in [3.05, 3.63) is 24.0 Å². The van der Waals surface area contributed by atoms with E-state index in [1.165, 1.54) is 6.20 Å². The summed E-state index contributed by atoms with van der Waals surface area (Å²) in [5.74, 6) is -0.988. The third-order valence-electron chi connectivity index (χ3n) is 3.54. The summed E-state index contributed by atoms with van der Waals surface area (Å²) in [6.45, 7) is 3.67. The first-order chi connectivity index (χ1) is 9.43. The normalized spacial score (nSPS) is 25.2. The Bertz CT molecular complexity index is 534. The number of pyridine rings is 1. The van der Waals surface area contributed by atoms with Crippen LogP contribution in [0.5, 0.6) is 0 Å². The summed E-state index contributed by atoms with van der Waals surface area (Å²) >= 11 is 0. The minimum absolute atomic E-state index is 0.0825. The third kappa shape index (κ3) is 2.72. The SMILES string of the molecule is Cc1ccncc1NC(=O)NC1COCC1(C)C(=O)O. The quantitative estimate of drug-likeness (QED) is 0.766. The summed E-state index contributed by atoms with van der Waals surface area (Å²) < 4.78 is 5.17. The van der Waals surface area contributed by atoms with Crippen molar-refractivity contribution in [1.29, 1.82) is 0 Å². The fourth-order valence-corrected chi connectivity index (χ4v) is 2.00. The average molecular weight is 279 g/mol. The fraction of sp³-hybridized carbons (Fsp3) is 0.462. The number of urea groups is 1. The van der Waals surface area contributed by atoms with Gasteiger partial charge in [0.1, 0.15) is 5.41 Å². The molecule has 2 heterocycles. The van der Waals surface area contributed by atoms with Crippen LogP contribution in [-0.4, -0.2) is 41.3 Å². The van der Waals surface area contributed by atoms with Crippen LogP contribution in [-0.2, 0) is 9.53 Å². The summed E-state index contributed by atoms with van der Waals surface area (Å²) in [5.41, 5.74) is 0.348. The number of ether oxygens (including phenoxy) is 1. The molecule has 0 aliphatic carbocycles. The second-order valence-electron chi connectivity index (χ2n) is 5.08. The number of carboxylic acids is 1. The van der Waals surface area contributed by atoms with Crippen LogP contribution in [0.2, 0.25) is 0 Å². The van der Waals surface area contributed by atoms with Gasteiger partial charge in [-0.2, -0.15) is 0 Å². The predicted molar refractivity (Wildman–Crippen MR) is 71.5 cm³/mol. The zero-order valence-corrected chi connectivity index (χ0v) is 11.3. The fourth-order valence-electron chi connectivity index (χ4n) is 2.00. The van der Waals surface area contributed by atoms with E-state index in [4.69, 9.17) is 4.74 Å². The van der Waals surface area contributed by atoms with Crippen molar-refractivity contribution in [2.75, 3.05) is 18.5 Å². The highest BCUT2D eigenvalue weighted by molar-refractivity contribution is 5.90. The lowest BCUT2D eigenvalue weighted by molar-refractivity contribution is -0.148. The second-order valence-corrected chi connectivity index (χ2v) is 5.08. The van der Waals surface area contributed by atoms with Crippen molar-refractivity contribution in [1.82, 2.24) is 10.3 Å². The summed E-state index contributed by atoms with van der Waals surface area (Å²) in [5, 5.41) is 14.5. The lowest BCUT2D eigenvalue weighted by Crippen LogP contribution is -2.50. The molecule has 1 aliphatic rings. The molecule has 2 amide bonds. The van der Waals surface area contributed by atoms with Gasteiger partial charge < -0.3 is 20.5 Å². The number of carbonyl (C=O) groups is 2. The molecule has 2 atom stereocenters. The van der Waals surface area contributed by atoms with Gasteiger partial charge in [0.25, 0.3) is 0 Å². The maximum atomic E-state index is 11.9. The first-order valence-corrected chi connectivity index (χ1v) is 6.23. The highest BCUT2D eigenvalue weighted by Gasteiger charge is 2.47. The molecule has 7 heteroatoms. The Morgan fingerprint density at radius 3 is 2.95 bits per heavy atom. The number of amides is 2. The molecular weight excluding hydrogens is 262 g/mol. The number of rotatable bonds is 3. The van der Waals surface area contributed by atoms with E-state index in [1.54, 1.807) is 19.2 Å². The molecule has 1 fully saturated rings. The van der Waals surface area contributed by atoms with E-state index in [2.05, 4.69) is 15.6 Å². The van der Waals surface area contributed by atoms with Crippen LogP contribution in [0.4, 0.5) is 10.5 Å². The molecule has 2 rings (SSSR count). The minimum Gasteiger partial charge on any atom is -0.481 e. The predicted octanol–water partition coefficient (Wildman–Crippen LogP) is 1.00. The van der Waals surface area contributed by atoms with Crippen LogP contribution in [0.25, 0.3) is 0 Å². The minimum atomic E-state index is -1.11. The van der Waals surface area contributed by atoms with Crippen molar-refractivity contribution in [3.8, 4) is 0 Å². The Morgan fingerprint density at radius 1 is 1.55 bits per heavy atom. The standard InChI is InChI=1S/C13H17N3O4/c1-8-3-4-14-5-9(8)15-12(19)16-10-6-20-7-13(10,2)11(17)18/h3-5,10H,6-7H2,1-2H3,(H,17,18)(H2,15,16,19). The van der Waals surface area contributed by atoms with Crippen molar-refractivity contribution in [2.24, 2.45) is 5.41 Å². The number of nitrogens with one attached hydrogen (secondary N) is 2. The zero-order chi connectivity index (χ0) is 14.8. The molecule has 0 aromatic carbocycles. The monoisotopic (exact) mass is 279 g/mol. The van der Waals surface area contributed by atoms with Gasteiger partial charge in [-0.15, -0.1) is 0 Å². The number of aromatic nitrogens is 1. The van der Waals surface area contributed by atoms with Crippen LogP contribution in [0, 0.1) is 12.3 Å². The molecule has 1 aromatic rings. The highest BCUT2D eigenvalue weighted by atomic mass is 16.5. The van der Waals surface area contributed by atoms with Crippen LogP contribution in [0.3, 0.4) is 0 Å². The molecule has 0 radical (unpaired) electrons. The van der Waals surface area contributed by atoms with E-state index in [0.717, 1.165) is 5.56 Å². The van der Waals surface area contributed by atoms with Gasteiger partial charge in [0.2, 0.25) is 0 Å². The van der Waals surface area contributed by atoms with Crippen LogP contribution >= 0.6 is 0 Å². The number of carbonyl (C=O) groups excluding carboxylic acids is 1. The van der Waals surface area contributed by atoms with E-state index in [1.807, 2.05) is 6.92 Å². The summed E-state index contributed by atoms with van der Waals surface area (Å²) in [6.07, 6.45) is 3.17. The van der Waals surface area contributed by atoms with Gasteiger partial charge in [-0.1, -0.05) is 0 Å². The van der Waals surface area contributed by atoms with Crippen LogP contribution in [0.1, 0.15) is 12.5 Å². The van der Waals surface area contributed by atoms with Gasteiger partial charge in [-0.05, 0) is 25.5 Å². The van der Waals surface area contributed by atoms with Crippen molar-refractivity contribution in [3.63, 3.8) is 0 Å². The third-order valence-corrected chi connectivity index (χ3v) is 3.54. The first-order valence-electron chi connectivity index (χ1n) is 6.23. The number of hydrogen-bond donors (Lipinski definition) is 3. The largest absolute Gasteiger partial charge is 0.481 e. The zero-order valence-electron chi connectivity index (χ0n) is 11.3. The highest BCUT2D eigenvalue weighted by Crippen LogP contribution is 2.28.